The van der Waals surface area contributed by atoms with Crippen LogP contribution in [0, 0.1) is 0 Å². The normalized spacial score (nSPS) is 12.4. The minimum atomic E-state index is -0.249. The summed E-state index contributed by atoms with van der Waals surface area (Å²) in [6, 6.07) is 10.00. The van der Waals surface area contributed by atoms with E-state index in [1.807, 2.05) is 18.2 Å². The molecule has 2 N–H and O–H groups in total. The smallest absolute Gasteiger partial charge is 0.149 e. The molecule has 1 atom stereocenters. The largest absolute Gasteiger partial charge is 0.322 e. The van der Waals surface area contributed by atoms with Crippen molar-refractivity contribution in [3.05, 3.63) is 35.9 Å². The number of ketones is 1. The molecule has 2 heteroatoms. The standard InChI is InChI=1S/C14H21NO/c1-2-7-13(15)14(16)11-6-10-12-8-4-3-5-9-12/h3-5,8-9,13H,2,6-7,10-11,15H2,1H3. The van der Waals surface area contributed by atoms with Crippen LogP contribution in [0.3, 0.4) is 0 Å². The van der Waals surface area contributed by atoms with E-state index >= 15 is 0 Å². The average molecular weight is 219 g/mol. The Bertz CT molecular complexity index is 308. The number of hydrogen-bond donors (Lipinski definition) is 1. The summed E-state index contributed by atoms with van der Waals surface area (Å²) in [4.78, 5) is 11.6. The predicted octanol–water partition coefficient (Wildman–Crippen LogP) is 2.71. The molecule has 0 fully saturated rings. The molecule has 16 heavy (non-hydrogen) atoms. The van der Waals surface area contributed by atoms with E-state index in [-0.39, 0.29) is 11.8 Å². The van der Waals surface area contributed by atoms with E-state index in [0.717, 1.165) is 25.7 Å². The van der Waals surface area contributed by atoms with Crippen LogP contribution < -0.4 is 5.73 Å². The Morgan fingerprint density at radius 3 is 2.62 bits per heavy atom. The third kappa shape index (κ3) is 4.58. The van der Waals surface area contributed by atoms with Crippen molar-refractivity contribution < 1.29 is 4.79 Å². The molecule has 0 amide bonds. The zero-order valence-electron chi connectivity index (χ0n) is 9.99. The van der Waals surface area contributed by atoms with Gasteiger partial charge in [-0.25, -0.2) is 0 Å². The molecule has 0 aliphatic heterocycles. The molecule has 0 aliphatic rings. The number of carbonyl (C=O) groups excluding carboxylic acids is 1. The lowest BCUT2D eigenvalue weighted by Crippen LogP contribution is -2.30. The minimum absolute atomic E-state index is 0.206. The summed E-state index contributed by atoms with van der Waals surface area (Å²) in [6.07, 6.45) is 4.26. The van der Waals surface area contributed by atoms with Gasteiger partial charge in [0.15, 0.2) is 0 Å². The summed E-state index contributed by atoms with van der Waals surface area (Å²) in [5.41, 5.74) is 7.05. The summed E-state index contributed by atoms with van der Waals surface area (Å²) < 4.78 is 0. The van der Waals surface area contributed by atoms with Gasteiger partial charge < -0.3 is 5.73 Å². The van der Waals surface area contributed by atoms with Gasteiger partial charge >= 0.3 is 0 Å². The molecule has 1 aromatic rings. The first-order valence-electron chi connectivity index (χ1n) is 6.06. The molecule has 0 heterocycles. The summed E-state index contributed by atoms with van der Waals surface area (Å²) >= 11 is 0. The average Bonchev–Trinajstić information content (AvgIpc) is 2.30. The van der Waals surface area contributed by atoms with Crippen LogP contribution in [-0.2, 0) is 11.2 Å². The van der Waals surface area contributed by atoms with Crippen molar-refractivity contribution in [2.45, 2.75) is 45.1 Å². The first-order valence-corrected chi connectivity index (χ1v) is 6.06. The van der Waals surface area contributed by atoms with Crippen LogP contribution in [0.5, 0.6) is 0 Å². The van der Waals surface area contributed by atoms with Crippen LogP contribution in [0.1, 0.15) is 38.2 Å². The third-order valence-electron chi connectivity index (χ3n) is 2.74. The highest BCUT2D eigenvalue weighted by atomic mass is 16.1. The van der Waals surface area contributed by atoms with Crippen molar-refractivity contribution in [3.8, 4) is 0 Å². The lowest BCUT2D eigenvalue weighted by atomic mass is 10.0. The van der Waals surface area contributed by atoms with Gasteiger partial charge in [0.2, 0.25) is 0 Å². The Balaban J connectivity index is 2.23. The second-order valence-corrected chi connectivity index (χ2v) is 4.20. The fourth-order valence-corrected chi connectivity index (χ4v) is 1.77. The Hall–Kier alpha value is -1.15. The fraction of sp³-hybridized carbons (Fsp3) is 0.500. The molecule has 1 aromatic carbocycles. The highest BCUT2D eigenvalue weighted by molar-refractivity contribution is 5.83. The van der Waals surface area contributed by atoms with Gasteiger partial charge in [-0.2, -0.15) is 0 Å². The molecule has 0 bridgehead atoms. The van der Waals surface area contributed by atoms with Crippen LogP contribution in [0.25, 0.3) is 0 Å². The molecule has 0 spiro atoms. The van der Waals surface area contributed by atoms with Crippen molar-refractivity contribution in [3.63, 3.8) is 0 Å². The summed E-state index contributed by atoms with van der Waals surface area (Å²) in [6.45, 7) is 2.05. The SMILES string of the molecule is CCCC(N)C(=O)CCCc1ccccc1. The zero-order valence-corrected chi connectivity index (χ0v) is 9.99. The number of aryl methyl sites for hydroxylation is 1. The molecule has 0 radical (unpaired) electrons. The molecule has 88 valence electrons. The first kappa shape index (κ1) is 12.9. The van der Waals surface area contributed by atoms with E-state index in [4.69, 9.17) is 5.73 Å². The molecule has 0 aromatic heterocycles. The second kappa shape index (κ2) is 7.18. The number of rotatable bonds is 7. The Labute approximate surface area is 97.9 Å². The van der Waals surface area contributed by atoms with E-state index in [2.05, 4.69) is 19.1 Å². The van der Waals surface area contributed by atoms with Gasteiger partial charge in [-0.1, -0.05) is 43.7 Å². The van der Waals surface area contributed by atoms with Gasteiger partial charge in [0.1, 0.15) is 5.78 Å². The van der Waals surface area contributed by atoms with Crippen LogP contribution in [0.4, 0.5) is 0 Å². The van der Waals surface area contributed by atoms with Crippen molar-refractivity contribution in [2.24, 2.45) is 5.73 Å². The fourth-order valence-electron chi connectivity index (χ4n) is 1.77. The van der Waals surface area contributed by atoms with Gasteiger partial charge in [0.05, 0.1) is 6.04 Å². The number of benzene rings is 1. The van der Waals surface area contributed by atoms with Gasteiger partial charge in [-0.15, -0.1) is 0 Å². The summed E-state index contributed by atoms with van der Waals surface area (Å²) in [5.74, 6) is 0.206. The minimum Gasteiger partial charge on any atom is -0.322 e. The molecule has 0 saturated heterocycles. The van der Waals surface area contributed by atoms with Crippen LogP contribution in [0.15, 0.2) is 30.3 Å². The Morgan fingerprint density at radius 2 is 2.00 bits per heavy atom. The maximum atomic E-state index is 11.6. The van der Waals surface area contributed by atoms with E-state index in [9.17, 15) is 4.79 Å². The van der Waals surface area contributed by atoms with E-state index in [1.165, 1.54) is 5.56 Å². The van der Waals surface area contributed by atoms with Crippen molar-refractivity contribution in [1.29, 1.82) is 0 Å². The van der Waals surface area contributed by atoms with Crippen molar-refractivity contribution in [2.75, 3.05) is 0 Å². The molecule has 1 unspecified atom stereocenters. The van der Waals surface area contributed by atoms with E-state index in [1.54, 1.807) is 0 Å². The lowest BCUT2D eigenvalue weighted by molar-refractivity contribution is -0.120. The number of Topliss-reactive ketones (excluding diaryl/α,β-unsaturated/α-hetero) is 1. The van der Waals surface area contributed by atoms with Crippen LogP contribution >= 0.6 is 0 Å². The molecular weight excluding hydrogens is 198 g/mol. The Kier molecular flexibility index (Phi) is 5.79. The highest BCUT2D eigenvalue weighted by Gasteiger charge is 2.11. The molecule has 0 saturated carbocycles. The van der Waals surface area contributed by atoms with Gasteiger partial charge in [-0.3, -0.25) is 4.79 Å². The first-order chi connectivity index (χ1) is 7.74. The molecule has 2 nitrogen and oxygen atoms in total. The van der Waals surface area contributed by atoms with Crippen LogP contribution in [0.2, 0.25) is 0 Å². The van der Waals surface area contributed by atoms with Crippen molar-refractivity contribution in [1.82, 2.24) is 0 Å². The van der Waals surface area contributed by atoms with Crippen LogP contribution in [-0.4, -0.2) is 11.8 Å². The number of hydrogen-bond acceptors (Lipinski definition) is 2. The summed E-state index contributed by atoms with van der Waals surface area (Å²) in [5, 5.41) is 0. The monoisotopic (exact) mass is 219 g/mol. The highest BCUT2D eigenvalue weighted by Crippen LogP contribution is 2.07. The Morgan fingerprint density at radius 1 is 1.31 bits per heavy atom. The lowest BCUT2D eigenvalue weighted by Gasteiger charge is -2.08. The second-order valence-electron chi connectivity index (χ2n) is 4.20. The quantitative estimate of drug-likeness (QED) is 0.766. The van der Waals surface area contributed by atoms with Crippen molar-refractivity contribution >= 4 is 5.78 Å². The summed E-state index contributed by atoms with van der Waals surface area (Å²) in [7, 11) is 0. The number of carbonyl (C=O) groups is 1. The topological polar surface area (TPSA) is 43.1 Å². The third-order valence-corrected chi connectivity index (χ3v) is 2.74. The molecule has 1 rings (SSSR count). The van der Waals surface area contributed by atoms with E-state index in [0.29, 0.717) is 6.42 Å². The number of nitrogens with two attached hydrogens (primary N) is 1. The molecule has 0 aliphatic carbocycles. The van der Waals surface area contributed by atoms with Gasteiger partial charge in [-0.05, 0) is 24.8 Å². The molecular formula is C14H21NO. The van der Waals surface area contributed by atoms with E-state index < -0.39 is 0 Å². The maximum Gasteiger partial charge on any atom is 0.149 e. The predicted molar refractivity (Wildman–Crippen MR) is 67.3 cm³/mol. The van der Waals surface area contributed by atoms with Gasteiger partial charge in [0, 0.05) is 6.42 Å². The maximum absolute atomic E-state index is 11.6. The van der Waals surface area contributed by atoms with Gasteiger partial charge in [0.25, 0.3) is 0 Å². The zero-order chi connectivity index (χ0) is 11.8.